The lowest BCUT2D eigenvalue weighted by atomic mass is 10.2. The smallest absolute Gasteiger partial charge is 0.444 e. The van der Waals surface area contributed by atoms with E-state index in [-0.39, 0.29) is 18.1 Å². The predicted molar refractivity (Wildman–Crippen MR) is 72.5 cm³/mol. The summed E-state index contributed by atoms with van der Waals surface area (Å²) in [4.78, 5) is 5.64. The van der Waals surface area contributed by atoms with Crippen molar-refractivity contribution in [1.82, 2.24) is 5.32 Å². The first-order valence-corrected chi connectivity index (χ1v) is 6.29. The van der Waals surface area contributed by atoms with E-state index in [1.54, 1.807) is 0 Å². The largest absolute Gasteiger partial charge is 0.481 e. The molecule has 100 valence electrons. The van der Waals surface area contributed by atoms with Gasteiger partial charge in [-0.25, -0.2) is 5.32 Å². The molecule has 0 bridgehead atoms. The molecule has 0 amide bonds. The van der Waals surface area contributed by atoms with E-state index in [4.69, 9.17) is 4.84 Å². The number of amidine groups is 1. The van der Waals surface area contributed by atoms with Crippen LogP contribution in [-0.4, -0.2) is 28.0 Å². The lowest BCUT2D eigenvalue weighted by Gasteiger charge is -2.13. The van der Waals surface area contributed by atoms with Crippen LogP contribution in [-0.2, 0) is 11.4 Å². The highest BCUT2D eigenvalue weighted by Crippen LogP contribution is 2.02. The molecule has 0 heterocycles. The molecular formula is C14H23N2O2+. The molecule has 18 heavy (non-hydrogen) atoms. The number of aliphatic hydroxyl groups excluding tert-OH is 1. The predicted octanol–water partition coefficient (Wildman–Crippen LogP) is 2.45. The maximum absolute atomic E-state index is 9.93. The van der Waals surface area contributed by atoms with Gasteiger partial charge in [0.15, 0.2) is 6.61 Å². The summed E-state index contributed by atoms with van der Waals surface area (Å²) in [5.74, 6) is 0. The van der Waals surface area contributed by atoms with Crippen LogP contribution < -0.4 is 5.32 Å². The fraction of sp³-hybridized carbons (Fsp3) is 0.500. The summed E-state index contributed by atoms with van der Waals surface area (Å²) in [5.41, 5.74) is 1.07. The number of benzene rings is 1. The zero-order chi connectivity index (χ0) is 13.5. The highest BCUT2D eigenvalue weighted by Gasteiger charge is 2.18. The standard InChI is InChI=1S/C14H22N2O2/c1-11(2)15-14(17)16(12(3)4)18-10-13-8-6-5-7-9-13/h5-9,11-12H,10H2,1-4H3,(H,15,17)/p+1. The fourth-order valence-corrected chi connectivity index (χ4v) is 1.49. The minimum atomic E-state index is 0.0518. The summed E-state index contributed by atoms with van der Waals surface area (Å²) in [6.07, 6.45) is 0. The average molecular weight is 251 g/mol. The Morgan fingerprint density at radius 3 is 2.33 bits per heavy atom. The summed E-state index contributed by atoms with van der Waals surface area (Å²) in [5, 5.41) is 12.9. The lowest BCUT2D eigenvalue weighted by Crippen LogP contribution is -2.40. The molecule has 1 aromatic carbocycles. The minimum absolute atomic E-state index is 0.0518. The van der Waals surface area contributed by atoms with Gasteiger partial charge in [-0.1, -0.05) is 30.3 Å². The Labute approximate surface area is 109 Å². The molecule has 0 atom stereocenters. The van der Waals surface area contributed by atoms with Crippen molar-refractivity contribution in [3.8, 4) is 0 Å². The Balaban J connectivity index is 2.69. The molecule has 0 spiro atoms. The maximum Gasteiger partial charge on any atom is 0.481 e. The topological polar surface area (TPSA) is 44.5 Å². The number of nitrogens with one attached hydrogen (secondary N) is 1. The van der Waals surface area contributed by atoms with Gasteiger partial charge in [-0.2, -0.15) is 0 Å². The highest BCUT2D eigenvalue weighted by atomic mass is 16.7. The molecular weight excluding hydrogens is 228 g/mol. The first kappa shape index (κ1) is 14.4. The molecule has 0 saturated carbocycles. The average Bonchev–Trinajstić information content (AvgIpc) is 2.29. The zero-order valence-corrected chi connectivity index (χ0v) is 11.6. The fourth-order valence-electron chi connectivity index (χ4n) is 1.49. The highest BCUT2D eigenvalue weighted by molar-refractivity contribution is 5.65. The van der Waals surface area contributed by atoms with Crippen LogP contribution in [0.2, 0.25) is 0 Å². The molecule has 2 N–H and O–H groups in total. The molecule has 0 aromatic heterocycles. The van der Waals surface area contributed by atoms with Crippen LogP contribution in [0.25, 0.3) is 0 Å². The normalized spacial score (nSPS) is 12.6. The van der Waals surface area contributed by atoms with E-state index in [1.807, 2.05) is 58.0 Å². The van der Waals surface area contributed by atoms with Crippen molar-refractivity contribution < 1.29 is 14.7 Å². The molecule has 0 aliphatic carbocycles. The number of rotatable bonds is 5. The van der Waals surface area contributed by atoms with Crippen LogP contribution in [0.1, 0.15) is 33.3 Å². The molecule has 0 saturated heterocycles. The van der Waals surface area contributed by atoms with E-state index in [0.717, 1.165) is 5.56 Å². The number of hydrogen-bond donors (Lipinski definition) is 2. The molecule has 0 aliphatic rings. The van der Waals surface area contributed by atoms with Gasteiger partial charge in [0.25, 0.3) is 0 Å². The van der Waals surface area contributed by atoms with Crippen molar-refractivity contribution in [2.24, 2.45) is 0 Å². The molecule has 1 aromatic rings. The third-order valence-corrected chi connectivity index (χ3v) is 2.31. The third-order valence-electron chi connectivity index (χ3n) is 2.31. The Bertz CT molecular complexity index is 386. The van der Waals surface area contributed by atoms with Crippen LogP contribution in [0.4, 0.5) is 0 Å². The molecule has 0 unspecified atom stereocenters. The molecule has 0 radical (unpaired) electrons. The number of hydrogen-bond acceptors (Lipinski definition) is 1. The van der Waals surface area contributed by atoms with Crippen molar-refractivity contribution in [1.29, 1.82) is 0 Å². The second-order valence-electron chi connectivity index (χ2n) is 4.80. The molecule has 4 heteroatoms. The van der Waals surface area contributed by atoms with Crippen LogP contribution in [0.3, 0.4) is 0 Å². The summed E-state index contributed by atoms with van der Waals surface area (Å²) >= 11 is 0. The van der Waals surface area contributed by atoms with Gasteiger partial charge in [0.05, 0.1) is 6.04 Å². The maximum atomic E-state index is 9.93. The zero-order valence-electron chi connectivity index (χ0n) is 11.6. The van der Waals surface area contributed by atoms with E-state index in [0.29, 0.717) is 6.61 Å². The van der Waals surface area contributed by atoms with E-state index in [9.17, 15) is 5.11 Å². The van der Waals surface area contributed by atoms with Gasteiger partial charge in [0, 0.05) is 0 Å². The minimum Gasteiger partial charge on any atom is -0.444 e. The van der Waals surface area contributed by atoms with Crippen LogP contribution in [0.5, 0.6) is 0 Å². The van der Waals surface area contributed by atoms with Crippen molar-refractivity contribution in [3.63, 3.8) is 0 Å². The van der Waals surface area contributed by atoms with Crippen LogP contribution in [0, 0.1) is 0 Å². The quantitative estimate of drug-likeness (QED) is 0.366. The molecule has 0 fully saturated rings. The van der Waals surface area contributed by atoms with Crippen molar-refractivity contribution in [3.05, 3.63) is 35.9 Å². The van der Waals surface area contributed by atoms with Crippen molar-refractivity contribution in [2.45, 2.75) is 46.4 Å². The summed E-state index contributed by atoms with van der Waals surface area (Å²) < 4.78 is 1.49. The Morgan fingerprint density at radius 1 is 1.22 bits per heavy atom. The van der Waals surface area contributed by atoms with E-state index in [2.05, 4.69) is 5.32 Å². The van der Waals surface area contributed by atoms with Gasteiger partial charge in [-0.3, -0.25) is 0 Å². The van der Waals surface area contributed by atoms with Gasteiger partial charge >= 0.3 is 6.02 Å². The van der Waals surface area contributed by atoms with E-state index in [1.165, 1.54) is 4.74 Å². The van der Waals surface area contributed by atoms with Crippen LogP contribution >= 0.6 is 0 Å². The third kappa shape index (κ3) is 4.65. The van der Waals surface area contributed by atoms with Crippen molar-refractivity contribution in [2.75, 3.05) is 0 Å². The summed E-state index contributed by atoms with van der Waals surface area (Å²) in [6.45, 7) is 8.28. The van der Waals surface area contributed by atoms with E-state index < -0.39 is 0 Å². The Kier molecular flexibility index (Phi) is 5.49. The Hall–Kier alpha value is -1.71. The number of nitrogens with zero attached hydrogens (tertiary/aromatic N) is 1. The lowest BCUT2D eigenvalue weighted by molar-refractivity contribution is -0.817. The first-order chi connectivity index (χ1) is 8.50. The number of aliphatic hydroxyl groups is 1. The van der Waals surface area contributed by atoms with Gasteiger partial charge in [0.2, 0.25) is 0 Å². The van der Waals surface area contributed by atoms with Gasteiger partial charge in [-0.05, 0) is 38.0 Å². The van der Waals surface area contributed by atoms with E-state index >= 15 is 0 Å². The van der Waals surface area contributed by atoms with Gasteiger partial charge in [0.1, 0.15) is 6.04 Å². The monoisotopic (exact) mass is 251 g/mol. The van der Waals surface area contributed by atoms with Crippen LogP contribution in [0.15, 0.2) is 30.3 Å². The Morgan fingerprint density at radius 2 is 1.83 bits per heavy atom. The second kappa shape index (κ2) is 6.89. The molecule has 0 aliphatic heterocycles. The van der Waals surface area contributed by atoms with Gasteiger partial charge < -0.3 is 9.94 Å². The van der Waals surface area contributed by atoms with Gasteiger partial charge in [-0.15, -0.1) is 0 Å². The molecule has 1 rings (SSSR count). The summed E-state index contributed by atoms with van der Waals surface area (Å²) in [6, 6.07) is 10.1. The van der Waals surface area contributed by atoms with Crippen molar-refractivity contribution >= 4 is 6.02 Å². The molecule has 4 nitrogen and oxygen atoms in total. The SMILES string of the molecule is CC(C)NC(O)=[N+](OCc1ccccc1)C(C)C. The number of hydroxylamine groups is 1. The summed E-state index contributed by atoms with van der Waals surface area (Å²) in [7, 11) is 0. The first-order valence-electron chi connectivity index (χ1n) is 6.29. The second-order valence-corrected chi connectivity index (χ2v) is 4.80.